The van der Waals surface area contributed by atoms with E-state index in [4.69, 9.17) is 5.73 Å². The zero-order valence-electron chi connectivity index (χ0n) is 10.4. The molecule has 6 heteroatoms. The molecule has 18 heavy (non-hydrogen) atoms. The maximum atomic E-state index is 12.1. The largest absolute Gasteiger partial charge is 0.324 e. The molecular weight excluding hydrogens is 240 g/mol. The molecule has 0 aliphatic heterocycles. The van der Waals surface area contributed by atoms with E-state index in [-0.39, 0.29) is 6.04 Å². The molecule has 1 atom stereocenters. The lowest BCUT2D eigenvalue weighted by atomic mass is 10.1. The summed E-state index contributed by atoms with van der Waals surface area (Å²) in [5.41, 5.74) is 7.12. The van der Waals surface area contributed by atoms with Crippen molar-refractivity contribution >= 4 is 11.7 Å². The highest BCUT2D eigenvalue weighted by atomic mass is 19.3. The van der Waals surface area contributed by atoms with Gasteiger partial charge < -0.3 is 16.0 Å². The second-order valence-electron chi connectivity index (χ2n) is 4.12. The number of nitrogens with two attached hydrogens (primary N) is 1. The number of rotatable bonds is 4. The van der Waals surface area contributed by atoms with Gasteiger partial charge in [0, 0.05) is 18.8 Å². The Morgan fingerprint density at radius 1 is 1.50 bits per heavy atom. The Labute approximate surface area is 105 Å². The lowest BCUT2D eigenvalue weighted by molar-refractivity contribution is 0.111. The molecule has 0 radical (unpaired) electrons. The summed E-state index contributed by atoms with van der Waals surface area (Å²) in [6.45, 7) is 1.22. The number of nitrogens with zero attached hydrogens (tertiary/aromatic N) is 1. The minimum Gasteiger partial charge on any atom is -0.324 e. The summed E-state index contributed by atoms with van der Waals surface area (Å²) in [6.07, 6.45) is -2.55. The summed E-state index contributed by atoms with van der Waals surface area (Å²) < 4.78 is 24.2. The summed E-state index contributed by atoms with van der Waals surface area (Å²) in [6, 6.07) is 6.27. The van der Waals surface area contributed by atoms with Crippen LogP contribution in [-0.2, 0) is 0 Å². The average Bonchev–Trinajstić information content (AvgIpc) is 2.28. The van der Waals surface area contributed by atoms with Crippen molar-refractivity contribution in [2.45, 2.75) is 19.4 Å². The molecule has 2 amide bonds. The first kappa shape index (κ1) is 14.4. The second-order valence-corrected chi connectivity index (χ2v) is 4.12. The number of urea groups is 1. The molecule has 0 aliphatic rings. The number of benzene rings is 1. The predicted molar refractivity (Wildman–Crippen MR) is 66.7 cm³/mol. The van der Waals surface area contributed by atoms with Crippen LogP contribution in [0.4, 0.5) is 19.3 Å². The van der Waals surface area contributed by atoms with Gasteiger partial charge in [-0.25, -0.2) is 13.6 Å². The summed E-state index contributed by atoms with van der Waals surface area (Å²) in [5, 5.41) is 2.54. The predicted octanol–water partition coefficient (Wildman–Crippen LogP) is 2.44. The van der Waals surface area contributed by atoms with Crippen molar-refractivity contribution in [2.75, 3.05) is 18.9 Å². The number of alkyl halides is 2. The van der Waals surface area contributed by atoms with E-state index in [2.05, 4.69) is 5.32 Å². The highest BCUT2D eigenvalue weighted by Gasteiger charge is 2.14. The van der Waals surface area contributed by atoms with Gasteiger partial charge in [-0.3, -0.25) is 0 Å². The van der Waals surface area contributed by atoms with Crippen molar-refractivity contribution in [3.05, 3.63) is 29.8 Å². The van der Waals surface area contributed by atoms with Gasteiger partial charge in [0.15, 0.2) is 0 Å². The molecule has 0 aromatic heterocycles. The van der Waals surface area contributed by atoms with Gasteiger partial charge in [0.2, 0.25) is 0 Å². The van der Waals surface area contributed by atoms with E-state index in [0.29, 0.717) is 5.69 Å². The van der Waals surface area contributed by atoms with Crippen molar-refractivity contribution in [1.82, 2.24) is 4.90 Å². The molecule has 0 spiro atoms. The Bertz CT molecular complexity index is 410. The number of halogens is 2. The fourth-order valence-corrected chi connectivity index (χ4v) is 1.41. The standard InChI is InChI=1S/C12H17F2N3O/c1-8(15)9-4-3-5-10(6-9)16-12(18)17(2)7-11(13)14/h3-6,8,11H,7,15H2,1-2H3,(H,16,18). The van der Waals surface area contributed by atoms with E-state index in [1.165, 1.54) is 7.05 Å². The van der Waals surface area contributed by atoms with Crippen LogP contribution in [0, 0.1) is 0 Å². The van der Waals surface area contributed by atoms with E-state index in [1.807, 2.05) is 13.0 Å². The minimum absolute atomic E-state index is 0.152. The minimum atomic E-state index is -2.55. The molecule has 3 N–H and O–H groups in total. The third-order valence-electron chi connectivity index (χ3n) is 2.42. The van der Waals surface area contributed by atoms with Crippen molar-refractivity contribution in [2.24, 2.45) is 5.73 Å². The molecule has 0 fully saturated rings. The lowest BCUT2D eigenvalue weighted by Gasteiger charge is -2.17. The van der Waals surface area contributed by atoms with Gasteiger partial charge in [-0.1, -0.05) is 12.1 Å². The number of hydrogen-bond donors (Lipinski definition) is 2. The van der Waals surface area contributed by atoms with Crippen LogP contribution in [0.1, 0.15) is 18.5 Å². The zero-order chi connectivity index (χ0) is 13.7. The summed E-state index contributed by atoms with van der Waals surface area (Å²) >= 11 is 0. The van der Waals surface area contributed by atoms with Crippen LogP contribution < -0.4 is 11.1 Å². The van der Waals surface area contributed by atoms with E-state index in [1.54, 1.807) is 18.2 Å². The first-order valence-electron chi connectivity index (χ1n) is 5.56. The summed E-state index contributed by atoms with van der Waals surface area (Å²) in [4.78, 5) is 12.5. The second kappa shape index (κ2) is 6.30. The molecule has 100 valence electrons. The van der Waals surface area contributed by atoms with Crippen molar-refractivity contribution < 1.29 is 13.6 Å². The highest BCUT2D eigenvalue weighted by molar-refractivity contribution is 5.89. The lowest BCUT2D eigenvalue weighted by Crippen LogP contribution is -2.34. The number of anilines is 1. The van der Waals surface area contributed by atoms with Crippen molar-refractivity contribution in [3.8, 4) is 0 Å². The van der Waals surface area contributed by atoms with Crippen LogP contribution in [0.15, 0.2) is 24.3 Å². The Morgan fingerprint density at radius 2 is 2.17 bits per heavy atom. The van der Waals surface area contributed by atoms with E-state index in [9.17, 15) is 13.6 Å². The smallest absolute Gasteiger partial charge is 0.321 e. The highest BCUT2D eigenvalue weighted by Crippen LogP contribution is 2.15. The summed E-state index contributed by atoms with van der Waals surface area (Å²) in [5.74, 6) is 0. The number of amides is 2. The Kier molecular flexibility index (Phi) is 5.03. The maximum absolute atomic E-state index is 12.1. The van der Waals surface area contributed by atoms with Crippen LogP contribution in [0.5, 0.6) is 0 Å². The molecular formula is C12H17F2N3O. The molecule has 0 bridgehead atoms. The van der Waals surface area contributed by atoms with Crippen LogP contribution in [0.25, 0.3) is 0 Å². The zero-order valence-corrected chi connectivity index (χ0v) is 10.4. The molecule has 0 saturated heterocycles. The van der Waals surface area contributed by atoms with E-state index < -0.39 is 19.0 Å². The fraction of sp³-hybridized carbons (Fsp3) is 0.417. The number of carbonyl (C=O) groups is 1. The molecule has 1 aromatic rings. The van der Waals surface area contributed by atoms with Gasteiger partial charge in [-0.05, 0) is 24.6 Å². The van der Waals surface area contributed by atoms with Crippen molar-refractivity contribution in [1.29, 1.82) is 0 Å². The topological polar surface area (TPSA) is 58.4 Å². The average molecular weight is 257 g/mol. The van der Waals surface area contributed by atoms with Gasteiger partial charge in [-0.2, -0.15) is 0 Å². The van der Waals surface area contributed by atoms with Gasteiger partial charge >= 0.3 is 6.03 Å². The van der Waals surface area contributed by atoms with Gasteiger partial charge in [0.05, 0.1) is 6.54 Å². The molecule has 0 saturated carbocycles. The number of carbonyl (C=O) groups excluding carboxylic acids is 1. The third-order valence-corrected chi connectivity index (χ3v) is 2.42. The monoisotopic (exact) mass is 257 g/mol. The quantitative estimate of drug-likeness (QED) is 0.870. The van der Waals surface area contributed by atoms with E-state index >= 15 is 0 Å². The normalized spacial score (nSPS) is 12.3. The van der Waals surface area contributed by atoms with Crippen LogP contribution in [-0.4, -0.2) is 30.9 Å². The number of nitrogens with one attached hydrogen (secondary N) is 1. The number of hydrogen-bond acceptors (Lipinski definition) is 2. The van der Waals surface area contributed by atoms with Crippen LogP contribution in [0.2, 0.25) is 0 Å². The first-order chi connectivity index (χ1) is 8.40. The Morgan fingerprint density at radius 3 is 2.72 bits per heavy atom. The molecule has 4 nitrogen and oxygen atoms in total. The van der Waals surface area contributed by atoms with E-state index in [0.717, 1.165) is 10.5 Å². The Balaban J connectivity index is 2.67. The maximum Gasteiger partial charge on any atom is 0.321 e. The summed E-state index contributed by atoms with van der Waals surface area (Å²) in [7, 11) is 1.32. The van der Waals surface area contributed by atoms with Gasteiger partial charge in [0.25, 0.3) is 6.43 Å². The van der Waals surface area contributed by atoms with Crippen LogP contribution in [0.3, 0.4) is 0 Å². The SMILES string of the molecule is CC(N)c1cccc(NC(=O)N(C)CC(F)F)c1. The molecule has 0 aliphatic carbocycles. The molecule has 1 aromatic carbocycles. The fourth-order valence-electron chi connectivity index (χ4n) is 1.41. The Hall–Kier alpha value is -1.69. The van der Waals surface area contributed by atoms with Crippen LogP contribution >= 0.6 is 0 Å². The van der Waals surface area contributed by atoms with Gasteiger partial charge in [-0.15, -0.1) is 0 Å². The van der Waals surface area contributed by atoms with Gasteiger partial charge in [0.1, 0.15) is 0 Å². The van der Waals surface area contributed by atoms with Crippen molar-refractivity contribution in [3.63, 3.8) is 0 Å². The molecule has 0 heterocycles. The molecule has 1 rings (SSSR count). The third kappa shape index (κ3) is 4.29. The first-order valence-corrected chi connectivity index (χ1v) is 5.56. The molecule has 1 unspecified atom stereocenters.